The quantitative estimate of drug-likeness (QED) is 0.580. The van der Waals surface area contributed by atoms with Crippen molar-refractivity contribution in [2.24, 2.45) is 5.41 Å². The Morgan fingerprint density at radius 2 is 1.68 bits per heavy atom. The van der Waals surface area contributed by atoms with E-state index in [1.165, 1.54) is 0 Å². The molecule has 2 aromatic carbocycles. The summed E-state index contributed by atoms with van der Waals surface area (Å²) in [5, 5.41) is 14.9. The van der Waals surface area contributed by atoms with Gasteiger partial charge in [0.1, 0.15) is 6.61 Å². The van der Waals surface area contributed by atoms with Crippen LogP contribution in [0.2, 0.25) is 0 Å². The van der Waals surface area contributed by atoms with Crippen LogP contribution in [0.25, 0.3) is 11.1 Å². The number of rotatable bonds is 7. The molecule has 1 saturated carbocycles. The van der Waals surface area contributed by atoms with Crippen LogP contribution in [-0.2, 0) is 19.1 Å². The number of amides is 2. The minimum Gasteiger partial charge on any atom is -0.479 e. The van der Waals surface area contributed by atoms with Crippen molar-refractivity contribution in [2.75, 3.05) is 19.8 Å². The van der Waals surface area contributed by atoms with E-state index in [0.29, 0.717) is 25.9 Å². The second-order valence-corrected chi connectivity index (χ2v) is 9.31. The number of benzene rings is 2. The fraction of sp³-hybridized carbons (Fsp3) is 0.423. The number of hydrogen-bond donors (Lipinski definition) is 3. The number of carboxylic acid groups (broad SMARTS) is 1. The average Bonchev–Trinajstić information content (AvgIpc) is 3.39. The first-order chi connectivity index (χ1) is 16.5. The first-order valence-electron chi connectivity index (χ1n) is 11.7. The molecule has 2 amide bonds. The molecule has 5 rings (SSSR count). The van der Waals surface area contributed by atoms with E-state index in [1.54, 1.807) is 0 Å². The van der Waals surface area contributed by atoms with Gasteiger partial charge in [-0.05, 0) is 41.5 Å². The fourth-order valence-electron chi connectivity index (χ4n) is 5.28. The summed E-state index contributed by atoms with van der Waals surface area (Å²) in [4.78, 5) is 36.9. The fourth-order valence-corrected chi connectivity index (χ4v) is 5.28. The van der Waals surface area contributed by atoms with Gasteiger partial charge in [-0.2, -0.15) is 0 Å². The molecular weight excluding hydrogens is 436 g/mol. The van der Waals surface area contributed by atoms with E-state index < -0.39 is 29.6 Å². The lowest BCUT2D eigenvalue weighted by molar-refractivity contribution is -0.149. The smallest absolute Gasteiger partial charge is 0.407 e. The van der Waals surface area contributed by atoms with E-state index >= 15 is 0 Å². The molecule has 2 aromatic rings. The molecule has 8 heteroatoms. The predicted molar refractivity (Wildman–Crippen MR) is 123 cm³/mol. The maximum Gasteiger partial charge on any atom is 0.407 e. The van der Waals surface area contributed by atoms with Gasteiger partial charge in [0.05, 0.1) is 11.5 Å². The second-order valence-electron chi connectivity index (χ2n) is 9.31. The Kier molecular flexibility index (Phi) is 6.00. The maximum absolute atomic E-state index is 13.0. The highest BCUT2D eigenvalue weighted by molar-refractivity contribution is 5.86. The number of aliphatic carboxylic acids is 1. The molecule has 1 aliphatic heterocycles. The van der Waals surface area contributed by atoms with Gasteiger partial charge < -0.3 is 25.2 Å². The molecule has 2 unspecified atom stereocenters. The number of hydrogen-bond acceptors (Lipinski definition) is 5. The van der Waals surface area contributed by atoms with Crippen LogP contribution in [0.1, 0.15) is 42.7 Å². The SMILES string of the molecule is O=C(NCC1(C(=O)NC2CCOC2C(=O)O)CCC1)OCC1c2ccccc2-c2ccccc21. The molecule has 34 heavy (non-hydrogen) atoms. The van der Waals surface area contributed by atoms with Crippen molar-refractivity contribution >= 4 is 18.0 Å². The van der Waals surface area contributed by atoms with Gasteiger partial charge in [0.15, 0.2) is 6.10 Å². The largest absolute Gasteiger partial charge is 0.479 e. The number of fused-ring (bicyclic) bond motifs is 3. The van der Waals surface area contributed by atoms with Crippen LogP contribution in [0.15, 0.2) is 48.5 Å². The number of carbonyl (C=O) groups excluding carboxylic acids is 2. The lowest BCUT2D eigenvalue weighted by atomic mass is 9.68. The van der Waals surface area contributed by atoms with Crippen LogP contribution < -0.4 is 10.6 Å². The van der Waals surface area contributed by atoms with Gasteiger partial charge in [0.25, 0.3) is 0 Å². The van der Waals surface area contributed by atoms with Crippen molar-refractivity contribution in [1.82, 2.24) is 10.6 Å². The van der Waals surface area contributed by atoms with E-state index in [2.05, 4.69) is 34.9 Å². The summed E-state index contributed by atoms with van der Waals surface area (Å²) in [6.07, 6.45) is 1.01. The molecule has 8 nitrogen and oxygen atoms in total. The van der Waals surface area contributed by atoms with E-state index in [4.69, 9.17) is 9.47 Å². The van der Waals surface area contributed by atoms with Gasteiger partial charge in [-0.25, -0.2) is 9.59 Å². The minimum atomic E-state index is -1.08. The van der Waals surface area contributed by atoms with E-state index in [1.807, 2.05) is 24.3 Å². The zero-order valence-electron chi connectivity index (χ0n) is 18.8. The average molecular weight is 465 g/mol. The van der Waals surface area contributed by atoms with Crippen molar-refractivity contribution in [3.8, 4) is 11.1 Å². The number of carbonyl (C=O) groups is 3. The molecule has 3 aliphatic rings. The molecule has 1 saturated heterocycles. The van der Waals surface area contributed by atoms with Crippen molar-refractivity contribution in [2.45, 2.75) is 43.7 Å². The van der Waals surface area contributed by atoms with Crippen LogP contribution in [0.5, 0.6) is 0 Å². The minimum absolute atomic E-state index is 0.0329. The summed E-state index contributed by atoms with van der Waals surface area (Å²) in [6, 6.07) is 15.7. The number of alkyl carbamates (subject to hydrolysis) is 1. The molecule has 0 radical (unpaired) electrons. The van der Waals surface area contributed by atoms with E-state index in [0.717, 1.165) is 28.7 Å². The summed E-state index contributed by atoms with van der Waals surface area (Å²) < 4.78 is 10.8. The van der Waals surface area contributed by atoms with E-state index in [-0.39, 0.29) is 25.0 Å². The van der Waals surface area contributed by atoms with Crippen LogP contribution in [0.3, 0.4) is 0 Å². The topological polar surface area (TPSA) is 114 Å². The maximum atomic E-state index is 13.0. The van der Waals surface area contributed by atoms with Gasteiger partial charge in [-0.15, -0.1) is 0 Å². The van der Waals surface area contributed by atoms with Gasteiger partial charge in [0.2, 0.25) is 5.91 Å². The summed E-state index contributed by atoms with van der Waals surface area (Å²) in [5.74, 6) is -1.35. The standard InChI is InChI=1S/C26H28N2O6/c29-23(30)22-21(10-13-33-22)28-24(31)26(11-5-12-26)15-27-25(32)34-14-20-18-8-3-1-6-16(18)17-7-2-4-9-19(17)20/h1-4,6-9,20-22H,5,10-15H2,(H,27,32)(H,28,31)(H,29,30). The molecule has 2 aliphatic carbocycles. The Morgan fingerprint density at radius 3 is 2.26 bits per heavy atom. The number of carboxylic acids is 1. The molecular formula is C26H28N2O6. The van der Waals surface area contributed by atoms with Crippen LogP contribution in [0.4, 0.5) is 4.79 Å². The number of nitrogens with one attached hydrogen (secondary N) is 2. The lowest BCUT2D eigenvalue weighted by Gasteiger charge is -2.41. The van der Waals surface area contributed by atoms with Crippen LogP contribution >= 0.6 is 0 Å². The summed E-state index contributed by atoms with van der Waals surface area (Å²) in [5.41, 5.74) is 3.86. The van der Waals surface area contributed by atoms with Gasteiger partial charge >= 0.3 is 12.1 Å². The molecule has 2 fully saturated rings. The van der Waals surface area contributed by atoms with E-state index in [9.17, 15) is 19.5 Å². The Balaban J connectivity index is 1.18. The second kappa shape index (κ2) is 9.10. The molecule has 2 atom stereocenters. The van der Waals surface area contributed by atoms with Crippen LogP contribution in [0, 0.1) is 5.41 Å². The Labute approximate surface area is 197 Å². The highest BCUT2D eigenvalue weighted by Gasteiger charge is 2.47. The normalized spacial score (nSPS) is 22.2. The van der Waals surface area contributed by atoms with Gasteiger partial charge in [-0.1, -0.05) is 55.0 Å². The van der Waals surface area contributed by atoms with Gasteiger partial charge in [0, 0.05) is 19.1 Å². The summed E-state index contributed by atoms with van der Waals surface area (Å²) >= 11 is 0. The van der Waals surface area contributed by atoms with Crippen molar-refractivity contribution in [1.29, 1.82) is 0 Å². The van der Waals surface area contributed by atoms with Crippen molar-refractivity contribution < 1.29 is 29.0 Å². The Bertz CT molecular complexity index is 1070. The molecule has 0 spiro atoms. The van der Waals surface area contributed by atoms with Crippen molar-refractivity contribution in [3.05, 3.63) is 59.7 Å². The van der Waals surface area contributed by atoms with Gasteiger partial charge in [-0.3, -0.25) is 4.79 Å². The highest BCUT2D eigenvalue weighted by atomic mass is 16.5. The Hall–Kier alpha value is -3.39. The Morgan fingerprint density at radius 1 is 1.03 bits per heavy atom. The predicted octanol–water partition coefficient (Wildman–Crippen LogP) is 3.05. The lowest BCUT2D eigenvalue weighted by Crippen LogP contribution is -2.56. The van der Waals surface area contributed by atoms with Crippen molar-refractivity contribution in [3.63, 3.8) is 0 Å². The summed E-state index contributed by atoms with van der Waals surface area (Å²) in [7, 11) is 0. The number of ether oxygens (including phenoxy) is 2. The third kappa shape index (κ3) is 4.03. The zero-order chi connectivity index (χ0) is 23.7. The zero-order valence-corrected chi connectivity index (χ0v) is 18.8. The molecule has 0 bridgehead atoms. The molecule has 178 valence electrons. The van der Waals surface area contributed by atoms with Crippen LogP contribution in [-0.4, -0.2) is 55.0 Å². The summed E-state index contributed by atoms with van der Waals surface area (Å²) in [6.45, 7) is 0.659. The first-order valence-corrected chi connectivity index (χ1v) is 11.7. The monoisotopic (exact) mass is 464 g/mol. The first kappa shape index (κ1) is 22.4. The molecule has 3 N–H and O–H groups in total. The molecule has 1 heterocycles. The molecule has 0 aromatic heterocycles. The third-order valence-corrected chi connectivity index (χ3v) is 7.36. The highest BCUT2D eigenvalue weighted by Crippen LogP contribution is 2.44. The third-order valence-electron chi connectivity index (χ3n) is 7.36.